The van der Waals surface area contributed by atoms with Crippen LogP contribution in [0.2, 0.25) is 0 Å². The van der Waals surface area contributed by atoms with Gasteiger partial charge in [-0.3, -0.25) is 14.5 Å². The highest BCUT2D eigenvalue weighted by molar-refractivity contribution is 6.06. The second-order valence-electron chi connectivity index (χ2n) is 8.45. The number of amides is 2. The molecule has 2 bridgehead atoms. The fourth-order valence-corrected chi connectivity index (χ4v) is 5.69. The summed E-state index contributed by atoms with van der Waals surface area (Å²) in [4.78, 5) is 43.2. The van der Waals surface area contributed by atoms with Crippen LogP contribution < -0.4 is 5.73 Å². The van der Waals surface area contributed by atoms with E-state index in [4.69, 9.17) is 10.5 Å². The molecular weight excluding hydrogens is 406 g/mol. The third-order valence-electron chi connectivity index (χ3n) is 7.00. The Hall–Kier alpha value is -2.38. The zero-order valence-electron chi connectivity index (χ0n) is 16.6. The Morgan fingerprint density at radius 3 is 2.73 bits per heavy atom. The van der Waals surface area contributed by atoms with Crippen LogP contribution in [-0.2, 0) is 14.3 Å². The summed E-state index contributed by atoms with van der Waals surface area (Å²) >= 11 is 0. The lowest BCUT2D eigenvalue weighted by molar-refractivity contribution is -0.140. The summed E-state index contributed by atoms with van der Waals surface area (Å²) in [5.74, 6) is -1.10. The smallest absolute Gasteiger partial charge is 0.340 e. The molecule has 0 spiro atoms. The van der Waals surface area contributed by atoms with Crippen LogP contribution in [0.1, 0.15) is 36.0 Å². The molecule has 1 aromatic carbocycles. The van der Waals surface area contributed by atoms with Crippen LogP contribution in [0.4, 0.5) is 0 Å². The van der Waals surface area contributed by atoms with E-state index in [1.165, 1.54) is 4.90 Å². The van der Waals surface area contributed by atoms with Crippen molar-refractivity contribution in [3.8, 4) is 0 Å². The summed E-state index contributed by atoms with van der Waals surface area (Å²) in [6, 6.07) is 7.60. The van der Waals surface area contributed by atoms with E-state index < -0.39 is 0 Å². The van der Waals surface area contributed by atoms with Crippen LogP contribution >= 0.6 is 12.4 Å². The molecule has 2 aromatic rings. The monoisotopic (exact) mass is 431 g/mol. The molecule has 3 aliphatic carbocycles. The number of halogens is 1. The lowest BCUT2D eigenvalue weighted by Gasteiger charge is -2.47. The van der Waals surface area contributed by atoms with Crippen molar-refractivity contribution in [2.24, 2.45) is 29.4 Å². The van der Waals surface area contributed by atoms with Crippen LogP contribution in [0.25, 0.3) is 10.9 Å². The number of hydrogen-bond acceptors (Lipinski definition) is 5. The molecule has 4 aliphatic rings. The number of esters is 1. The van der Waals surface area contributed by atoms with Crippen molar-refractivity contribution in [2.45, 2.75) is 31.8 Å². The number of imide groups is 1. The van der Waals surface area contributed by atoms with E-state index in [0.717, 1.165) is 23.7 Å². The first-order chi connectivity index (χ1) is 14.1. The molecule has 8 heteroatoms. The predicted octanol–water partition coefficient (Wildman–Crippen LogP) is 2.50. The molecule has 2 heterocycles. The number of likely N-dealkylation sites (tertiary alicyclic amines) is 1. The first-order valence-corrected chi connectivity index (χ1v) is 10.4. The number of ether oxygens (including phenoxy) is 1. The topological polar surface area (TPSA) is 105 Å². The zero-order valence-corrected chi connectivity index (χ0v) is 17.4. The van der Waals surface area contributed by atoms with Gasteiger partial charge in [-0.25, -0.2) is 4.79 Å². The number of aromatic amines is 1. The molecule has 160 valence electrons. The first kappa shape index (κ1) is 20.9. The van der Waals surface area contributed by atoms with Gasteiger partial charge in [0.2, 0.25) is 11.8 Å². The molecule has 7 nitrogen and oxygen atoms in total. The van der Waals surface area contributed by atoms with Gasteiger partial charge in [-0.1, -0.05) is 18.2 Å². The number of H-pyrrole nitrogens is 1. The quantitative estimate of drug-likeness (QED) is 0.559. The van der Waals surface area contributed by atoms with Crippen molar-refractivity contribution in [2.75, 3.05) is 13.1 Å². The Labute approximate surface area is 180 Å². The van der Waals surface area contributed by atoms with E-state index >= 15 is 0 Å². The predicted molar refractivity (Wildman–Crippen MR) is 113 cm³/mol. The Kier molecular flexibility index (Phi) is 5.59. The molecule has 1 aromatic heterocycles. The normalized spacial score (nSPS) is 29.8. The van der Waals surface area contributed by atoms with Crippen molar-refractivity contribution in [1.82, 2.24) is 9.88 Å². The zero-order chi connectivity index (χ0) is 20.1. The van der Waals surface area contributed by atoms with E-state index in [9.17, 15) is 14.4 Å². The minimum Gasteiger partial charge on any atom is -0.458 e. The third-order valence-corrected chi connectivity index (χ3v) is 7.00. The first-order valence-electron chi connectivity index (χ1n) is 10.4. The molecule has 3 N–H and O–H groups in total. The molecule has 1 aliphatic heterocycles. The van der Waals surface area contributed by atoms with Crippen LogP contribution in [-0.4, -0.2) is 46.9 Å². The molecule has 6 rings (SSSR count). The number of nitrogens with zero attached hydrogens (tertiary/aromatic N) is 1. The van der Waals surface area contributed by atoms with Gasteiger partial charge in [0, 0.05) is 29.6 Å². The van der Waals surface area contributed by atoms with Gasteiger partial charge in [-0.05, 0) is 44.2 Å². The fourth-order valence-electron chi connectivity index (χ4n) is 5.69. The minimum atomic E-state index is -0.367. The molecule has 0 radical (unpaired) electrons. The van der Waals surface area contributed by atoms with Crippen molar-refractivity contribution >= 4 is 41.1 Å². The standard InChI is InChI=1S/C22H25N3O4.ClH/c23-8-3-9-25-20(26)18-12-6-7-14(19(18)21(25)27)17(10-12)29-22(28)15-11-24-16-5-2-1-4-13(15)16;/h1-2,4-5,11-12,14,17-19,24H,3,6-10,23H2;1H. The van der Waals surface area contributed by atoms with Crippen LogP contribution in [0, 0.1) is 23.7 Å². The summed E-state index contributed by atoms with van der Waals surface area (Å²) in [6.07, 6.45) is 4.37. The second-order valence-corrected chi connectivity index (χ2v) is 8.45. The van der Waals surface area contributed by atoms with E-state index in [0.29, 0.717) is 31.5 Å². The molecule has 3 saturated carbocycles. The largest absolute Gasteiger partial charge is 0.458 e. The van der Waals surface area contributed by atoms with Crippen molar-refractivity contribution in [3.05, 3.63) is 36.0 Å². The van der Waals surface area contributed by atoms with Gasteiger partial charge >= 0.3 is 5.97 Å². The maximum Gasteiger partial charge on any atom is 0.340 e. The van der Waals surface area contributed by atoms with Crippen LogP contribution in [0.5, 0.6) is 0 Å². The van der Waals surface area contributed by atoms with E-state index in [-0.39, 0.29) is 60.0 Å². The summed E-state index contributed by atoms with van der Waals surface area (Å²) in [6.45, 7) is 0.838. The maximum absolute atomic E-state index is 13.0. The average Bonchev–Trinajstić information content (AvgIpc) is 3.28. The fraction of sp³-hybridized carbons (Fsp3) is 0.500. The molecule has 4 fully saturated rings. The molecular formula is C22H26ClN3O4. The summed E-state index contributed by atoms with van der Waals surface area (Å²) in [7, 11) is 0. The Morgan fingerprint density at radius 2 is 1.93 bits per heavy atom. The number of para-hydroxylation sites is 1. The molecule has 30 heavy (non-hydrogen) atoms. The molecule has 2 amide bonds. The number of carbonyl (C=O) groups excluding carboxylic acids is 3. The van der Waals surface area contributed by atoms with Gasteiger partial charge in [-0.15, -0.1) is 12.4 Å². The maximum atomic E-state index is 13.0. The highest BCUT2D eigenvalue weighted by Crippen LogP contribution is 2.54. The summed E-state index contributed by atoms with van der Waals surface area (Å²) in [5, 5.41) is 0.830. The highest BCUT2D eigenvalue weighted by atomic mass is 35.5. The minimum absolute atomic E-state index is 0. The number of nitrogens with two attached hydrogens (primary N) is 1. The Bertz CT molecular complexity index is 990. The van der Waals surface area contributed by atoms with Crippen molar-refractivity contribution in [3.63, 3.8) is 0 Å². The van der Waals surface area contributed by atoms with Gasteiger partial charge in [-0.2, -0.15) is 0 Å². The van der Waals surface area contributed by atoms with E-state index in [1.807, 2.05) is 24.3 Å². The third kappa shape index (κ3) is 3.11. The lowest BCUT2D eigenvalue weighted by Crippen LogP contribution is -2.50. The van der Waals surface area contributed by atoms with Gasteiger partial charge in [0.1, 0.15) is 6.10 Å². The number of rotatable bonds is 5. The van der Waals surface area contributed by atoms with Crippen LogP contribution in [0.3, 0.4) is 0 Å². The van der Waals surface area contributed by atoms with Crippen molar-refractivity contribution in [1.29, 1.82) is 0 Å². The molecule has 5 atom stereocenters. The number of carbonyl (C=O) groups is 3. The molecule has 5 unspecified atom stereocenters. The number of aromatic nitrogens is 1. The Balaban J connectivity index is 0.00000218. The summed E-state index contributed by atoms with van der Waals surface area (Å²) in [5.41, 5.74) is 6.96. The van der Waals surface area contributed by atoms with Crippen molar-refractivity contribution < 1.29 is 19.1 Å². The summed E-state index contributed by atoms with van der Waals surface area (Å²) < 4.78 is 5.92. The van der Waals surface area contributed by atoms with Gasteiger partial charge in [0.05, 0.1) is 17.4 Å². The average molecular weight is 432 g/mol. The van der Waals surface area contributed by atoms with Crippen LogP contribution in [0.15, 0.2) is 30.5 Å². The van der Waals surface area contributed by atoms with E-state index in [2.05, 4.69) is 4.98 Å². The number of fused-ring (bicyclic) bond motifs is 3. The number of hydrogen-bond donors (Lipinski definition) is 2. The number of nitrogens with one attached hydrogen (secondary N) is 1. The van der Waals surface area contributed by atoms with Gasteiger partial charge < -0.3 is 15.5 Å². The Morgan fingerprint density at radius 1 is 1.17 bits per heavy atom. The van der Waals surface area contributed by atoms with E-state index in [1.54, 1.807) is 6.20 Å². The second kappa shape index (κ2) is 8.04. The van der Waals surface area contributed by atoms with Gasteiger partial charge in [0.25, 0.3) is 0 Å². The lowest BCUT2D eigenvalue weighted by atomic mass is 9.58. The highest BCUT2D eigenvalue weighted by Gasteiger charge is 2.61. The number of benzene rings is 1. The van der Waals surface area contributed by atoms with Gasteiger partial charge in [0.15, 0.2) is 0 Å². The molecule has 1 saturated heterocycles. The SMILES string of the molecule is Cl.NCCCN1C(=O)C2C3CCC(C(OC(=O)c4c[nH]c5ccccc45)C3)C2C1=O.